The third kappa shape index (κ3) is 10.3. The third-order valence-electron chi connectivity index (χ3n) is 1.55. The Morgan fingerprint density at radius 1 is 1.00 bits per heavy atom. The van der Waals surface area contributed by atoms with Gasteiger partial charge in [0.2, 0.25) is 0 Å². The molecule has 0 spiro atoms. The van der Waals surface area contributed by atoms with Crippen molar-refractivity contribution in [1.29, 1.82) is 0 Å². The molecule has 0 radical (unpaired) electrons. The molecule has 0 atom stereocenters. The number of hydrogen-bond acceptors (Lipinski definition) is 2. The molecule has 0 saturated heterocycles. The summed E-state index contributed by atoms with van der Waals surface area (Å²) in [6.45, 7) is 4.01. The second-order valence-electron chi connectivity index (χ2n) is 2.75. The van der Waals surface area contributed by atoms with Gasteiger partial charge >= 0.3 is 0 Å². The molecular formula is C9H20OS. The van der Waals surface area contributed by atoms with Crippen LogP contribution in [-0.2, 0) is 4.74 Å². The van der Waals surface area contributed by atoms with Gasteiger partial charge < -0.3 is 4.74 Å². The molecule has 0 unspecified atom stereocenters. The monoisotopic (exact) mass is 176 g/mol. The summed E-state index contributed by atoms with van der Waals surface area (Å²) >= 11 is 4.15. The fourth-order valence-electron chi connectivity index (χ4n) is 0.916. The first-order valence-corrected chi connectivity index (χ1v) is 5.23. The van der Waals surface area contributed by atoms with Crippen LogP contribution in [0, 0.1) is 0 Å². The van der Waals surface area contributed by atoms with E-state index < -0.39 is 0 Å². The zero-order valence-corrected chi connectivity index (χ0v) is 8.41. The number of hydrogen-bond donors (Lipinski definition) is 1. The highest BCUT2D eigenvalue weighted by atomic mass is 32.1. The summed E-state index contributed by atoms with van der Waals surface area (Å²) in [7, 11) is 0. The second kappa shape index (κ2) is 10.3. The van der Waals surface area contributed by atoms with Crippen molar-refractivity contribution in [2.24, 2.45) is 0 Å². The van der Waals surface area contributed by atoms with Crippen LogP contribution in [0.5, 0.6) is 0 Å². The molecule has 2 heteroatoms. The number of unbranched alkanes of at least 4 members (excludes halogenated alkanes) is 3. The molecule has 1 nitrogen and oxygen atoms in total. The van der Waals surface area contributed by atoms with Crippen molar-refractivity contribution in [3.8, 4) is 0 Å². The summed E-state index contributed by atoms with van der Waals surface area (Å²) in [4.78, 5) is 0. The fourth-order valence-corrected chi connectivity index (χ4v) is 1.14. The van der Waals surface area contributed by atoms with E-state index in [-0.39, 0.29) is 0 Å². The van der Waals surface area contributed by atoms with Crippen LogP contribution in [0.25, 0.3) is 0 Å². The first-order valence-electron chi connectivity index (χ1n) is 4.60. The second-order valence-corrected chi connectivity index (χ2v) is 3.20. The lowest BCUT2D eigenvalue weighted by molar-refractivity contribution is 0.130. The average Bonchev–Trinajstić information content (AvgIpc) is 2.03. The van der Waals surface area contributed by atoms with Gasteiger partial charge in [-0.05, 0) is 25.0 Å². The molecule has 68 valence electrons. The Kier molecular flexibility index (Phi) is 10.6. The van der Waals surface area contributed by atoms with Gasteiger partial charge in [-0.1, -0.05) is 19.8 Å². The topological polar surface area (TPSA) is 9.23 Å². The van der Waals surface area contributed by atoms with Gasteiger partial charge in [0.25, 0.3) is 0 Å². The Labute approximate surface area is 75.9 Å². The van der Waals surface area contributed by atoms with Crippen molar-refractivity contribution >= 4 is 12.6 Å². The van der Waals surface area contributed by atoms with Crippen LogP contribution in [0.4, 0.5) is 0 Å². The van der Waals surface area contributed by atoms with Crippen LogP contribution >= 0.6 is 12.6 Å². The minimum absolute atomic E-state index is 0.923. The van der Waals surface area contributed by atoms with Crippen LogP contribution in [0.2, 0.25) is 0 Å². The van der Waals surface area contributed by atoms with Gasteiger partial charge in [-0.15, -0.1) is 0 Å². The van der Waals surface area contributed by atoms with Gasteiger partial charge in [0.1, 0.15) is 0 Å². The Morgan fingerprint density at radius 3 is 2.36 bits per heavy atom. The van der Waals surface area contributed by atoms with Crippen LogP contribution in [0.3, 0.4) is 0 Å². The van der Waals surface area contributed by atoms with Gasteiger partial charge in [0.05, 0.1) is 0 Å². The minimum Gasteiger partial charge on any atom is -0.381 e. The number of ether oxygens (including phenoxy) is 1. The summed E-state index contributed by atoms with van der Waals surface area (Å²) in [6, 6.07) is 0. The van der Waals surface area contributed by atoms with E-state index in [0.29, 0.717) is 0 Å². The van der Waals surface area contributed by atoms with E-state index in [1.54, 1.807) is 0 Å². The Balaban J connectivity index is 2.69. The third-order valence-corrected chi connectivity index (χ3v) is 1.86. The Morgan fingerprint density at radius 2 is 1.73 bits per heavy atom. The van der Waals surface area contributed by atoms with E-state index >= 15 is 0 Å². The molecule has 0 rings (SSSR count). The standard InChI is InChI=1S/C9H20OS/c1-2-7-10-8-5-3-4-6-9-11/h11H,2-9H2,1H3. The highest BCUT2D eigenvalue weighted by molar-refractivity contribution is 7.80. The highest BCUT2D eigenvalue weighted by Gasteiger charge is 1.88. The highest BCUT2D eigenvalue weighted by Crippen LogP contribution is 2.00. The summed E-state index contributed by atoms with van der Waals surface area (Å²) in [5.74, 6) is 1.02. The van der Waals surface area contributed by atoms with Crippen molar-refractivity contribution in [2.45, 2.75) is 39.0 Å². The predicted octanol–water partition coefficient (Wildman–Crippen LogP) is 2.90. The molecule has 0 N–H and O–H groups in total. The maximum absolute atomic E-state index is 5.34. The van der Waals surface area contributed by atoms with Crippen molar-refractivity contribution in [3.63, 3.8) is 0 Å². The molecule has 0 aliphatic heterocycles. The molecule has 0 bridgehead atoms. The molecule has 0 aliphatic rings. The zero-order chi connectivity index (χ0) is 8.36. The first-order chi connectivity index (χ1) is 5.41. The zero-order valence-electron chi connectivity index (χ0n) is 7.51. The maximum atomic E-state index is 5.34. The van der Waals surface area contributed by atoms with Gasteiger partial charge in [-0.25, -0.2) is 0 Å². The van der Waals surface area contributed by atoms with Gasteiger partial charge in [-0.2, -0.15) is 12.6 Å². The Hall–Kier alpha value is 0.310. The quantitative estimate of drug-likeness (QED) is 0.442. The molecule has 0 heterocycles. The molecule has 0 saturated carbocycles. The van der Waals surface area contributed by atoms with Crippen molar-refractivity contribution < 1.29 is 4.74 Å². The fraction of sp³-hybridized carbons (Fsp3) is 1.00. The average molecular weight is 176 g/mol. The lowest BCUT2D eigenvalue weighted by Crippen LogP contribution is -1.95. The van der Waals surface area contributed by atoms with Crippen LogP contribution in [0.1, 0.15) is 39.0 Å². The lowest BCUT2D eigenvalue weighted by Gasteiger charge is -2.01. The maximum Gasteiger partial charge on any atom is 0.0466 e. The van der Waals surface area contributed by atoms with E-state index in [4.69, 9.17) is 4.74 Å². The molecule has 0 aromatic rings. The van der Waals surface area contributed by atoms with Crippen molar-refractivity contribution in [1.82, 2.24) is 0 Å². The van der Waals surface area contributed by atoms with E-state index in [9.17, 15) is 0 Å². The molecule has 11 heavy (non-hydrogen) atoms. The van der Waals surface area contributed by atoms with E-state index in [2.05, 4.69) is 19.6 Å². The molecule has 0 aromatic carbocycles. The van der Waals surface area contributed by atoms with Crippen LogP contribution in [0.15, 0.2) is 0 Å². The van der Waals surface area contributed by atoms with Gasteiger partial charge in [-0.3, -0.25) is 0 Å². The molecule has 0 amide bonds. The van der Waals surface area contributed by atoms with Crippen molar-refractivity contribution in [2.75, 3.05) is 19.0 Å². The van der Waals surface area contributed by atoms with Crippen LogP contribution in [-0.4, -0.2) is 19.0 Å². The largest absolute Gasteiger partial charge is 0.381 e. The Bertz CT molecular complexity index is 58.6. The summed E-state index contributed by atoms with van der Waals surface area (Å²) in [5, 5.41) is 0. The summed E-state index contributed by atoms with van der Waals surface area (Å²) in [6.07, 6.45) is 6.20. The van der Waals surface area contributed by atoms with Crippen LogP contribution < -0.4 is 0 Å². The van der Waals surface area contributed by atoms with Crippen molar-refractivity contribution in [3.05, 3.63) is 0 Å². The predicted molar refractivity (Wildman–Crippen MR) is 53.4 cm³/mol. The number of rotatable bonds is 8. The van der Waals surface area contributed by atoms with Gasteiger partial charge in [0, 0.05) is 13.2 Å². The number of thiol groups is 1. The molecular weight excluding hydrogens is 156 g/mol. The first kappa shape index (κ1) is 11.3. The van der Waals surface area contributed by atoms with E-state index in [1.807, 2.05) is 0 Å². The molecule has 0 aromatic heterocycles. The SMILES string of the molecule is CCCOCCCCCCS. The smallest absolute Gasteiger partial charge is 0.0466 e. The van der Waals surface area contributed by atoms with Gasteiger partial charge in [0.15, 0.2) is 0 Å². The van der Waals surface area contributed by atoms with E-state index in [0.717, 1.165) is 25.4 Å². The molecule has 0 aliphatic carbocycles. The molecule has 0 fully saturated rings. The van der Waals surface area contributed by atoms with E-state index in [1.165, 1.54) is 25.7 Å². The minimum atomic E-state index is 0.923. The lowest BCUT2D eigenvalue weighted by atomic mass is 10.2. The normalized spacial score (nSPS) is 10.4. The summed E-state index contributed by atoms with van der Waals surface area (Å²) < 4.78 is 5.34. The summed E-state index contributed by atoms with van der Waals surface area (Å²) in [5.41, 5.74) is 0.